The lowest BCUT2D eigenvalue weighted by atomic mass is 10.1. The zero-order chi connectivity index (χ0) is 20.1. The van der Waals surface area contributed by atoms with Crippen molar-refractivity contribution in [3.8, 4) is 5.69 Å². The molecule has 2 heterocycles. The van der Waals surface area contributed by atoms with Crippen molar-refractivity contribution in [1.29, 1.82) is 0 Å². The van der Waals surface area contributed by atoms with Crippen molar-refractivity contribution in [3.05, 3.63) is 78.1 Å². The van der Waals surface area contributed by atoms with Gasteiger partial charge in [0.2, 0.25) is 5.91 Å². The van der Waals surface area contributed by atoms with Gasteiger partial charge in [0.05, 0.1) is 5.69 Å². The summed E-state index contributed by atoms with van der Waals surface area (Å²) in [7, 11) is 0. The second-order valence-corrected chi connectivity index (χ2v) is 7.17. The molecule has 0 bridgehead atoms. The van der Waals surface area contributed by atoms with Crippen LogP contribution in [0.5, 0.6) is 0 Å². The maximum atomic E-state index is 12.4. The van der Waals surface area contributed by atoms with Crippen molar-refractivity contribution in [2.24, 2.45) is 0 Å². The van der Waals surface area contributed by atoms with E-state index in [-0.39, 0.29) is 11.8 Å². The zero-order valence-corrected chi connectivity index (χ0v) is 16.3. The Morgan fingerprint density at radius 2 is 1.76 bits per heavy atom. The Morgan fingerprint density at radius 1 is 1.00 bits per heavy atom. The van der Waals surface area contributed by atoms with E-state index in [9.17, 15) is 9.59 Å². The van der Waals surface area contributed by atoms with Crippen LogP contribution in [-0.4, -0.2) is 34.7 Å². The minimum atomic E-state index is -0.102. The van der Waals surface area contributed by atoms with Crippen molar-refractivity contribution in [2.75, 3.05) is 18.0 Å². The van der Waals surface area contributed by atoms with E-state index >= 15 is 0 Å². The lowest BCUT2D eigenvalue weighted by Crippen LogP contribution is -2.35. The van der Waals surface area contributed by atoms with Crippen LogP contribution in [0.25, 0.3) is 5.69 Å². The summed E-state index contributed by atoms with van der Waals surface area (Å²) in [5.74, 6) is 0.0571. The first-order valence-corrected chi connectivity index (χ1v) is 9.98. The maximum Gasteiger partial charge on any atom is 0.251 e. The van der Waals surface area contributed by atoms with Crippen LogP contribution in [0, 0.1) is 0 Å². The molecule has 6 heteroatoms. The van der Waals surface area contributed by atoms with E-state index in [0.29, 0.717) is 18.5 Å². The molecule has 1 aromatic heterocycles. The monoisotopic (exact) mass is 388 g/mol. The first kappa shape index (κ1) is 18.9. The van der Waals surface area contributed by atoms with Gasteiger partial charge in [-0.05, 0) is 67.3 Å². The Labute approximate surface area is 170 Å². The summed E-state index contributed by atoms with van der Waals surface area (Å²) in [6.45, 7) is 1.32. The van der Waals surface area contributed by atoms with Crippen molar-refractivity contribution in [1.82, 2.24) is 15.1 Å². The summed E-state index contributed by atoms with van der Waals surface area (Å²) in [4.78, 5) is 26.2. The van der Waals surface area contributed by atoms with Crippen LogP contribution in [0.3, 0.4) is 0 Å². The van der Waals surface area contributed by atoms with Crippen LogP contribution >= 0.6 is 0 Å². The third-order valence-corrected chi connectivity index (χ3v) is 5.17. The van der Waals surface area contributed by atoms with Crippen LogP contribution in [0.2, 0.25) is 0 Å². The van der Waals surface area contributed by atoms with E-state index in [1.165, 1.54) is 0 Å². The number of benzene rings is 2. The zero-order valence-electron chi connectivity index (χ0n) is 16.3. The molecule has 6 nitrogen and oxygen atoms in total. The van der Waals surface area contributed by atoms with Crippen LogP contribution in [0.1, 0.15) is 35.2 Å². The molecular weight excluding hydrogens is 364 g/mol. The fourth-order valence-corrected chi connectivity index (χ4v) is 3.53. The summed E-state index contributed by atoms with van der Waals surface area (Å²) >= 11 is 0. The van der Waals surface area contributed by atoms with E-state index in [4.69, 9.17) is 0 Å². The van der Waals surface area contributed by atoms with Gasteiger partial charge in [-0.1, -0.05) is 12.1 Å². The molecule has 3 aromatic rings. The van der Waals surface area contributed by atoms with E-state index in [0.717, 1.165) is 42.7 Å². The summed E-state index contributed by atoms with van der Waals surface area (Å²) in [6, 6.07) is 17.3. The summed E-state index contributed by atoms with van der Waals surface area (Å²) in [5, 5.41) is 7.17. The number of carbonyl (C=O) groups excluding carboxylic acids is 2. The molecule has 1 fully saturated rings. The van der Waals surface area contributed by atoms with E-state index in [1.807, 2.05) is 53.3 Å². The van der Waals surface area contributed by atoms with Gasteiger partial charge >= 0.3 is 0 Å². The normalized spacial score (nSPS) is 14.1. The molecule has 1 aliphatic heterocycles. The molecule has 4 rings (SSSR count). The average molecular weight is 388 g/mol. The number of nitrogens with zero attached hydrogens (tertiary/aromatic N) is 3. The average Bonchev–Trinajstić information content (AvgIpc) is 3.30. The predicted octanol–water partition coefficient (Wildman–Crippen LogP) is 3.36. The number of hydrogen-bond donors (Lipinski definition) is 1. The molecule has 1 N–H and O–H groups in total. The maximum absolute atomic E-state index is 12.4. The lowest BCUT2D eigenvalue weighted by Gasteiger charge is -2.26. The molecule has 1 saturated heterocycles. The highest BCUT2D eigenvalue weighted by molar-refractivity contribution is 5.96. The van der Waals surface area contributed by atoms with Gasteiger partial charge in [0.1, 0.15) is 0 Å². The highest BCUT2D eigenvalue weighted by Gasteiger charge is 2.19. The van der Waals surface area contributed by atoms with Gasteiger partial charge in [0.15, 0.2) is 0 Å². The number of piperidine rings is 1. The smallest absolute Gasteiger partial charge is 0.251 e. The highest BCUT2D eigenvalue weighted by atomic mass is 16.2. The quantitative estimate of drug-likeness (QED) is 0.704. The van der Waals surface area contributed by atoms with Crippen molar-refractivity contribution in [3.63, 3.8) is 0 Å². The van der Waals surface area contributed by atoms with Crippen LogP contribution in [0.4, 0.5) is 5.69 Å². The second kappa shape index (κ2) is 8.73. The van der Waals surface area contributed by atoms with Gasteiger partial charge in [0, 0.05) is 43.2 Å². The molecule has 1 aliphatic rings. The first-order valence-electron chi connectivity index (χ1n) is 9.98. The Morgan fingerprint density at radius 3 is 2.45 bits per heavy atom. The Bertz CT molecular complexity index is 963. The van der Waals surface area contributed by atoms with Gasteiger partial charge in [-0.25, -0.2) is 4.68 Å². The van der Waals surface area contributed by atoms with Crippen molar-refractivity contribution >= 4 is 17.5 Å². The number of aromatic nitrogens is 2. The number of hydrogen-bond acceptors (Lipinski definition) is 3. The predicted molar refractivity (Wildman–Crippen MR) is 112 cm³/mol. The number of carbonyl (C=O) groups is 2. The van der Waals surface area contributed by atoms with E-state index < -0.39 is 0 Å². The first-order chi connectivity index (χ1) is 14.2. The van der Waals surface area contributed by atoms with Gasteiger partial charge in [-0.3, -0.25) is 9.59 Å². The molecule has 2 aromatic carbocycles. The fourth-order valence-electron chi connectivity index (χ4n) is 3.53. The minimum absolute atomic E-state index is 0.102. The second-order valence-electron chi connectivity index (χ2n) is 7.17. The molecule has 0 aliphatic carbocycles. The number of anilines is 1. The largest absolute Gasteiger partial charge is 0.352 e. The summed E-state index contributed by atoms with van der Waals surface area (Å²) in [5.41, 5.74) is 3.63. The minimum Gasteiger partial charge on any atom is -0.352 e. The fraction of sp³-hybridized carbons (Fsp3) is 0.261. The number of rotatable bonds is 6. The Hall–Kier alpha value is -3.41. The standard InChI is InChI=1S/C23H24N4O2/c28-22-4-1-2-16-26(22)20-11-7-19(8-12-20)23(29)24-15-13-18-5-9-21(10-6-18)27-17-3-14-25-27/h3,5-12,14,17H,1-2,4,13,15-16H2,(H,24,29). The van der Waals surface area contributed by atoms with E-state index in [2.05, 4.69) is 10.4 Å². The van der Waals surface area contributed by atoms with Crippen molar-refractivity contribution in [2.45, 2.75) is 25.7 Å². The highest BCUT2D eigenvalue weighted by Crippen LogP contribution is 2.21. The van der Waals surface area contributed by atoms with Crippen LogP contribution < -0.4 is 10.2 Å². The molecule has 0 spiro atoms. The molecule has 29 heavy (non-hydrogen) atoms. The Balaban J connectivity index is 1.29. The number of amides is 2. The summed E-state index contributed by atoms with van der Waals surface area (Å²) in [6.07, 6.45) is 7.00. The topological polar surface area (TPSA) is 67.2 Å². The third kappa shape index (κ3) is 4.54. The molecule has 0 saturated carbocycles. The molecule has 2 amide bonds. The molecule has 148 valence electrons. The molecular formula is C23H24N4O2. The molecule has 0 radical (unpaired) electrons. The third-order valence-electron chi connectivity index (χ3n) is 5.17. The van der Waals surface area contributed by atoms with Crippen LogP contribution in [-0.2, 0) is 11.2 Å². The molecule has 0 atom stereocenters. The lowest BCUT2D eigenvalue weighted by molar-refractivity contribution is -0.119. The van der Waals surface area contributed by atoms with E-state index in [1.54, 1.807) is 23.2 Å². The molecule has 0 unspecified atom stereocenters. The SMILES string of the molecule is O=C(NCCc1ccc(-n2cccn2)cc1)c1ccc(N2CCCCC2=O)cc1. The summed E-state index contributed by atoms with van der Waals surface area (Å²) < 4.78 is 1.81. The Kier molecular flexibility index (Phi) is 5.70. The van der Waals surface area contributed by atoms with Crippen molar-refractivity contribution < 1.29 is 9.59 Å². The van der Waals surface area contributed by atoms with Crippen LogP contribution in [0.15, 0.2) is 67.0 Å². The van der Waals surface area contributed by atoms with Gasteiger partial charge in [0.25, 0.3) is 5.91 Å². The van der Waals surface area contributed by atoms with Gasteiger partial charge in [-0.15, -0.1) is 0 Å². The van der Waals surface area contributed by atoms with Gasteiger partial charge in [-0.2, -0.15) is 5.10 Å². The van der Waals surface area contributed by atoms with Gasteiger partial charge < -0.3 is 10.2 Å². The number of nitrogens with one attached hydrogen (secondary N) is 1.